The molecule has 3 aromatic carbocycles. The minimum atomic E-state index is -1.26. The maximum atomic E-state index is 14.0. The van der Waals surface area contributed by atoms with Crippen LogP contribution < -0.4 is 27.0 Å². The number of nitrogens with one attached hydrogen (secondary N) is 4. The van der Waals surface area contributed by atoms with Gasteiger partial charge in [-0.3, -0.25) is 24.0 Å². The second-order valence-electron chi connectivity index (χ2n) is 16.5. The number of carbonyl (C=O) groups excluding carboxylic acids is 5. The standard InChI is InChI=1S/C49H67F2N5O7/c1-3-34(2)45(48(61)54-40(46(52)59)31-35-22-16-14-17-23-35)56-44(58)27-21-13-11-9-7-5-4-6-8-10-12-20-26-43(57)53-41(33-37-28-29-38(50)39(51)30-37)47(60)55-42(49(62)63)32-36-24-18-15-19-25-36/h14-19,22-25,28-30,34,40-42,45H,3-13,20-21,26-27,31-33H2,1-2H3,(H2,52,59)(H,53,57)(H,54,61)(H,55,60)(H,56,58)(H,62,63)/t34?,40-,41-,42-,45-/m0/s1. The van der Waals surface area contributed by atoms with E-state index in [1.165, 1.54) is 6.07 Å². The van der Waals surface area contributed by atoms with Crippen molar-refractivity contribution in [1.82, 2.24) is 21.3 Å². The van der Waals surface area contributed by atoms with E-state index >= 15 is 0 Å². The van der Waals surface area contributed by atoms with Crippen LogP contribution >= 0.6 is 0 Å². The van der Waals surface area contributed by atoms with Crippen molar-refractivity contribution in [1.29, 1.82) is 0 Å². The normalized spacial score (nSPS) is 13.5. The Kier molecular flexibility index (Phi) is 23.7. The molecular weight excluding hydrogens is 809 g/mol. The zero-order valence-electron chi connectivity index (χ0n) is 36.9. The average Bonchev–Trinajstić information content (AvgIpc) is 3.26. The van der Waals surface area contributed by atoms with Crippen molar-refractivity contribution in [3.8, 4) is 0 Å². The van der Waals surface area contributed by atoms with E-state index in [9.17, 15) is 42.7 Å². The number of aliphatic carboxylic acids is 1. The third kappa shape index (κ3) is 20.4. The van der Waals surface area contributed by atoms with Gasteiger partial charge in [-0.1, -0.05) is 151 Å². The first-order valence-electron chi connectivity index (χ1n) is 22.5. The fraction of sp³-hybridized carbons (Fsp3) is 0.510. The minimum absolute atomic E-state index is 0.0275. The Hall–Kier alpha value is -5.66. The fourth-order valence-corrected chi connectivity index (χ4v) is 7.32. The Morgan fingerprint density at radius 2 is 0.984 bits per heavy atom. The second-order valence-corrected chi connectivity index (χ2v) is 16.5. The molecule has 3 aromatic rings. The fourth-order valence-electron chi connectivity index (χ4n) is 7.32. The first kappa shape index (κ1) is 51.7. The first-order chi connectivity index (χ1) is 30.3. The summed E-state index contributed by atoms with van der Waals surface area (Å²) < 4.78 is 27.5. The molecule has 63 heavy (non-hydrogen) atoms. The van der Waals surface area contributed by atoms with Gasteiger partial charge >= 0.3 is 5.97 Å². The highest BCUT2D eigenvalue weighted by Crippen LogP contribution is 2.16. The van der Waals surface area contributed by atoms with E-state index in [0.717, 1.165) is 88.3 Å². The van der Waals surface area contributed by atoms with Crippen molar-refractivity contribution in [2.45, 2.75) is 154 Å². The van der Waals surface area contributed by atoms with Crippen molar-refractivity contribution in [3.05, 3.63) is 107 Å². The van der Waals surface area contributed by atoms with Gasteiger partial charge in [-0.2, -0.15) is 0 Å². The lowest BCUT2D eigenvalue weighted by molar-refractivity contribution is -0.142. The molecule has 14 heteroatoms. The Morgan fingerprint density at radius 3 is 1.44 bits per heavy atom. The molecule has 3 rings (SSSR count). The highest BCUT2D eigenvalue weighted by molar-refractivity contribution is 5.92. The van der Waals surface area contributed by atoms with Gasteiger partial charge in [-0.05, 0) is 47.6 Å². The summed E-state index contributed by atoms with van der Waals surface area (Å²) in [7, 11) is 0. The molecule has 0 aliphatic heterocycles. The number of carboxylic acid groups (broad SMARTS) is 1. The third-order valence-corrected chi connectivity index (χ3v) is 11.3. The SMILES string of the molecule is CCC(C)[C@H](NC(=O)CCCCCCCCCCCCCCC(=O)N[C@@H](Cc1ccc(F)c(F)c1)C(=O)N[C@@H](Cc1ccccc1)C(=O)O)C(=O)N[C@@H](Cc1ccccc1)C(N)=O. The van der Waals surface area contributed by atoms with E-state index in [1.54, 1.807) is 30.3 Å². The molecule has 0 spiro atoms. The van der Waals surface area contributed by atoms with Crippen molar-refractivity contribution in [3.63, 3.8) is 0 Å². The average molecular weight is 876 g/mol. The number of amides is 5. The van der Waals surface area contributed by atoms with E-state index in [0.29, 0.717) is 24.8 Å². The summed E-state index contributed by atoms with van der Waals surface area (Å²) in [5.74, 6) is -5.85. The molecule has 0 heterocycles. The molecule has 0 fully saturated rings. The zero-order valence-corrected chi connectivity index (χ0v) is 36.9. The highest BCUT2D eigenvalue weighted by Gasteiger charge is 2.30. The number of nitrogens with two attached hydrogens (primary N) is 1. The lowest BCUT2D eigenvalue weighted by Gasteiger charge is -2.26. The lowest BCUT2D eigenvalue weighted by Crippen LogP contribution is -2.55. The van der Waals surface area contributed by atoms with Crippen molar-refractivity contribution < 1.29 is 42.7 Å². The van der Waals surface area contributed by atoms with E-state index in [1.807, 2.05) is 44.2 Å². The number of rotatable bonds is 31. The van der Waals surface area contributed by atoms with Gasteiger partial charge in [-0.15, -0.1) is 0 Å². The molecule has 1 unspecified atom stereocenters. The lowest BCUT2D eigenvalue weighted by atomic mass is 9.97. The van der Waals surface area contributed by atoms with Gasteiger partial charge in [0.2, 0.25) is 29.5 Å². The molecule has 5 amide bonds. The Bertz CT molecular complexity index is 1880. The van der Waals surface area contributed by atoms with Gasteiger partial charge in [-0.25, -0.2) is 13.6 Å². The molecule has 0 bridgehead atoms. The molecule has 0 saturated carbocycles. The smallest absolute Gasteiger partial charge is 0.326 e. The molecule has 0 radical (unpaired) electrons. The molecular formula is C49H67F2N5O7. The zero-order chi connectivity index (χ0) is 46.0. The maximum absolute atomic E-state index is 14.0. The van der Waals surface area contributed by atoms with Crippen LogP contribution in [0, 0.1) is 17.6 Å². The third-order valence-electron chi connectivity index (χ3n) is 11.3. The summed E-state index contributed by atoms with van der Waals surface area (Å²) in [4.78, 5) is 76.4. The summed E-state index contributed by atoms with van der Waals surface area (Å²) in [6, 6.07) is 17.2. The van der Waals surface area contributed by atoms with Crippen molar-refractivity contribution >= 4 is 35.5 Å². The highest BCUT2D eigenvalue weighted by atomic mass is 19.2. The predicted octanol–water partition coefficient (Wildman–Crippen LogP) is 7.01. The molecule has 344 valence electrons. The van der Waals surface area contributed by atoms with E-state index in [2.05, 4.69) is 21.3 Å². The van der Waals surface area contributed by atoms with Crippen LogP contribution in [0.15, 0.2) is 78.9 Å². The number of hydrogen-bond acceptors (Lipinski definition) is 6. The molecule has 0 aromatic heterocycles. The number of hydrogen-bond donors (Lipinski definition) is 6. The minimum Gasteiger partial charge on any atom is -0.480 e. The molecule has 7 N–H and O–H groups in total. The van der Waals surface area contributed by atoms with Crippen LogP contribution in [0.5, 0.6) is 0 Å². The molecule has 5 atom stereocenters. The number of carboxylic acids is 1. The van der Waals surface area contributed by atoms with Gasteiger partial charge < -0.3 is 32.1 Å². The van der Waals surface area contributed by atoms with Gasteiger partial charge in [0.05, 0.1) is 0 Å². The predicted molar refractivity (Wildman–Crippen MR) is 239 cm³/mol. The second kappa shape index (κ2) is 28.8. The van der Waals surface area contributed by atoms with Crippen LogP contribution in [0.25, 0.3) is 0 Å². The van der Waals surface area contributed by atoms with Gasteiger partial charge in [0.25, 0.3) is 0 Å². The molecule has 12 nitrogen and oxygen atoms in total. The van der Waals surface area contributed by atoms with Crippen LogP contribution in [0.1, 0.15) is 127 Å². The summed E-state index contributed by atoms with van der Waals surface area (Å²) in [6.45, 7) is 3.84. The molecule has 0 aliphatic rings. The number of benzene rings is 3. The summed E-state index contributed by atoms with van der Waals surface area (Å²) >= 11 is 0. The topological polar surface area (TPSA) is 197 Å². The number of primary amides is 1. The van der Waals surface area contributed by atoms with E-state index in [-0.39, 0.29) is 49.0 Å². The van der Waals surface area contributed by atoms with Gasteiger partial charge in [0.1, 0.15) is 24.2 Å². The number of carbonyl (C=O) groups is 6. The Morgan fingerprint density at radius 1 is 0.540 bits per heavy atom. The van der Waals surface area contributed by atoms with Crippen LogP contribution in [0.4, 0.5) is 8.78 Å². The monoisotopic (exact) mass is 876 g/mol. The van der Waals surface area contributed by atoms with Crippen molar-refractivity contribution in [2.75, 3.05) is 0 Å². The van der Waals surface area contributed by atoms with E-state index < -0.39 is 59.5 Å². The maximum Gasteiger partial charge on any atom is 0.326 e. The van der Waals surface area contributed by atoms with Crippen LogP contribution in [0.3, 0.4) is 0 Å². The Balaban J connectivity index is 1.28. The molecule has 0 aliphatic carbocycles. The Labute approximate surface area is 370 Å². The number of unbranched alkanes of at least 4 members (excludes halogenated alkanes) is 11. The quantitative estimate of drug-likeness (QED) is 0.0374. The van der Waals surface area contributed by atoms with Crippen LogP contribution in [-0.4, -0.2) is 64.8 Å². The van der Waals surface area contributed by atoms with Gasteiger partial charge in [0.15, 0.2) is 11.6 Å². The number of halogens is 2. The van der Waals surface area contributed by atoms with Crippen molar-refractivity contribution in [2.24, 2.45) is 11.7 Å². The largest absolute Gasteiger partial charge is 0.480 e. The van der Waals surface area contributed by atoms with Crippen LogP contribution in [-0.2, 0) is 48.0 Å². The molecule has 0 saturated heterocycles. The summed E-state index contributed by atoms with van der Waals surface area (Å²) in [6.07, 6.45) is 12.8. The van der Waals surface area contributed by atoms with Crippen LogP contribution in [0.2, 0.25) is 0 Å². The first-order valence-corrected chi connectivity index (χ1v) is 22.5. The van der Waals surface area contributed by atoms with E-state index in [4.69, 9.17) is 5.73 Å². The van der Waals surface area contributed by atoms with Gasteiger partial charge in [0, 0.05) is 32.1 Å². The summed E-state index contributed by atoms with van der Waals surface area (Å²) in [5, 5.41) is 20.6. The summed E-state index contributed by atoms with van der Waals surface area (Å²) in [5.41, 5.74) is 7.44.